The van der Waals surface area contributed by atoms with Crippen LogP contribution in [0, 0.1) is 5.92 Å². The van der Waals surface area contributed by atoms with Gasteiger partial charge in [0.25, 0.3) is 0 Å². The van der Waals surface area contributed by atoms with E-state index in [4.69, 9.17) is 9.47 Å². The van der Waals surface area contributed by atoms with E-state index in [0.717, 1.165) is 36.3 Å². The number of nitrogens with one attached hydrogen (secondary N) is 1. The second-order valence-electron chi connectivity index (χ2n) is 7.01. The van der Waals surface area contributed by atoms with Crippen molar-refractivity contribution >= 4 is 5.91 Å². The molecule has 22 heavy (non-hydrogen) atoms. The molecule has 1 heterocycles. The van der Waals surface area contributed by atoms with Crippen LogP contribution in [0.3, 0.4) is 0 Å². The topological polar surface area (TPSA) is 47.6 Å². The highest BCUT2D eigenvalue weighted by molar-refractivity contribution is 5.79. The van der Waals surface area contributed by atoms with E-state index in [2.05, 4.69) is 19.2 Å². The zero-order chi connectivity index (χ0) is 15.7. The van der Waals surface area contributed by atoms with E-state index in [-0.39, 0.29) is 23.5 Å². The first-order chi connectivity index (χ1) is 10.5. The van der Waals surface area contributed by atoms with Crippen LogP contribution >= 0.6 is 0 Å². The predicted molar refractivity (Wildman–Crippen MR) is 85.2 cm³/mol. The van der Waals surface area contributed by atoms with Crippen LogP contribution in [0.5, 0.6) is 11.5 Å². The Bertz CT molecular complexity index is 561. The molecule has 0 spiro atoms. The predicted octanol–water partition coefficient (Wildman–Crippen LogP) is 3.60. The van der Waals surface area contributed by atoms with E-state index < -0.39 is 0 Å². The summed E-state index contributed by atoms with van der Waals surface area (Å²) >= 11 is 0. The minimum Gasteiger partial charge on any atom is -0.497 e. The highest BCUT2D eigenvalue weighted by Gasteiger charge is 2.36. The molecule has 0 unspecified atom stereocenters. The molecule has 1 fully saturated rings. The van der Waals surface area contributed by atoms with Crippen LogP contribution in [0.15, 0.2) is 18.2 Å². The van der Waals surface area contributed by atoms with Gasteiger partial charge in [0, 0.05) is 17.9 Å². The van der Waals surface area contributed by atoms with Crippen LogP contribution < -0.4 is 14.8 Å². The Kier molecular flexibility index (Phi) is 4.02. The van der Waals surface area contributed by atoms with Crippen LogP contribution in [0.2, 0.25) is 0 Å². The molecule has 1 aliphatic heterocycles. The van der Waals surface area contributed by atoms with Gasteiger partial charge in [-0.25, -0.2) is 0 Å². The first-order valence-electron chi connectivity index (χ1n) is 8.16. The Hall–Kier alpha value is -1.71. The molecular weight excluding hydrogens is 278 g/mol. The van der Waals surface area contributed by atoms with E-state index in [1.807, 2.05) is 18.2 Å². The highest BCUT2D eigenvalue weighted by Crippen LogP contribution is 2.41. The fourth-order valence-electron chi connectivity index (χ4n) is 3.57. The molecule has 0 aromatic heterocycles. The first-order valence-corrected chi connectivity index (χ1v) is 8.16. The molecule has 1 aliphatic carbocycles. The number of rotatable bonds is 3. The summed E-state index contributed by atoms with van der Waals surface area (Å²) in [4.78, 5) is 12.5. The molecule has 4 heteroatoms. The Balaban J connectivity index is 1.84. The number of ether oxygens (including phenoxy) is 2. The molecule has 1 N–H and O–H groups in total. The maximum Gasteiger partial charge on any atom is 0.223 e. The third-order valence-electron chi connectivity index (χ3n) is 4.72. The smallest absolute Gasteiger partial charge is 0.223 e. The molecule has 1 aromatic rings. The Labute approximate surface area is 132 Å². The Morgan fingerprint density at radius 1 is 1.32 bits per heavy atom. The lowest BCUT2D eigenvalue weighted by Crippen LogP contribution is -2.42. The van der Waals surface area contributed by atoms with Crippen LogP contribution in [0.25, 0.3) is 0 Å². The molecule has 120 valence electrons. The number of hydrogen-bond donors (Lipinski definition) is 1. The minimum atomic E-state index is -0.283. The standard InChI is InChI=1S/C18H25NO3/c1-18(2)11-15(19-17(20)12-6-4-5-7-12)14-10-13(21-3)8-9-16(14)22-18/h8-10,12,15H,4-7,11H2,1-3H3,(H,19,20)/t15-/m1/s1. The van der Waals surface area contributed by atoms with Crippen molar-refractivity contribution in [3.8, 4) is 11.5 Å². The molecule has 1 atom stereocenters. The normalized spacial score (nSPS) is 23.5. The van der Waals surface area contributed by atoms with Gasteiger partial charge < -0.3 is 14.8 Å². The Morgan fingerprint density at radius 2 is 2.05 bits per heavy atom. The summed E-state index contributed by atoms with van der Waals surface area (Å²) in [5.41, 5.74) is 0.736. The fraction of sp³-hybridized carbons (Fsp3) is 0.611. The quantitative estimate of drug-likeness (QED) is 0.928. The molecule has 0 bridgehead atoms. The molecule has 1 aromatic carbocycles. The molecule has 3 rings (SSSR count). The summed E-state index contributed by atoms with van der Waals surface area (Å²) in [6.07, 6.45) is 5.14. The second kappa shape index (κ2) is 5.82. The van der Waals surface area contributed by atoms with Crippen LogP contribution in [-0.4, -0.2) is 18.6 Å². The number of methoxy groups -OCH3 is 1. The van der Waals surface area contributed by atoms with Crippen LogP contribution in [0.1, 0.15) is 57.6 Å². The monoisotopic (exact) mass is 303 g/mol. The van der Waals surface area contributed by atoms with Crippen molar-refractivity contribution < 1.29 is 14.3 Å². The van der Waals surface area contributed by atoms with Gasteiger partial charge in [0.05, 0.1) is 13.2 Å². The van der Waals surface area contributed by atoms with Crippen molar-refractivity contribution in [3.63, 3.8) is 0 Å². The molecule has 1 saturated carbocycles. The van der Waals surface area contributed by atoms with Crippen molar-refractivity contribution in [2.24, 2.45) is 5.92 Å². The van der Waals surface area contributed by atoms with Crippen LogP contribution in [0.4, 0.5) is 0 Å². The first kappa shape index (κ1) is 15.2. The van der Waals surface area contributed by atoms with Gasteiger partial charge in [-0.3, -0.25) is 4.79 Å². The summed E-state index contributed by atoms with van der Waals surface area (Å²) in [6.45, 7) is 4.13. The van der Waals surface area contributed by atoms with Gasteiger partial charge in [-0.15, -0.1) is 0 Å². The molecule has 0 radical (unpaired) electrons. The molecule has 0 saturated heterocycles. The lowest BCUT2D eigenvalue weighted by molar-refractivity contribution is -0.126. The van der Waals surface area contributed by atoms with E-state index in [1.54, 1.807) is 7.11 Å². The van der Waals surface area contributed by atoms with E-state index >= 15 is 0 Å². The summed E-state index contributed by atoms with van der Waals surface area (Å²) in [7, 11) is 1.65. The maximum absolute atomic E-state index is 12.5. The van der Waals surface area contributed by atoms with Gasteiger partial charge in [-0.2, -0.15) is 0 Å². The lowest BCUT2D eigenvalue weighted by atomic mass is 9.89. The average Bonchev–Trinajstić information content (AvgIpc) is 3.00. The third-order valence-corrected chi connectivity index (χ3v) is 4.72. The summed E-state index contributed by atoms with van der Waals surface area (Å²) < 4.78 is 11.4. The van der Waals surface area contributed by atoms with Gasteiger partial charge in [-0.1, -0.05) is 12.8 Å². The summed E-state index contributed by atoms with van der Waals surface area (Å²) in [5, 5.41) is 3.25. The molecule has 4 nitrogen and oxygen atoms in total. The van der Waals surface area contributed by atoms with Gasteiger partial charge >= 0.3 is 0 Å². The number of fused-ring (bicyclic) bond motifs is 1. The van der Waals surface area contributed by atoms with Crippen LogP contribution in [-0.2, 0) is 4.79 Å². The van der Waals surface area contributed by atoms with Crippen molar-refractivity contribution in [2.45, 2.75) is 57.6 Å². The zero-order valence-corrected chi connectivity index (χ0v) is 13.6. The maximum atomic E-state index is 12.5. The number of carbonyl (C=O) groups excluding carboxylic acids is 1. The van der Waals surface area contributed by atoms with Crippen molar-refractivity contribution in [1.82, 2.24) is 5.32 Å². The highest BCUT2D eigenvalue weighted by atomic mass is 16.5. The lowest BCUT2D eigenvalue weighted by Gasteiger charge is -2.38. The van der Waals surface area contributed by atoms with E-state index in [9.17, 15) is 4.79 Å². The van der Waals surface area contributed by atoms with Crippen molar-refractivity contribution in [3.05, 3.63) is 23.8 Å². The summed E-state index contributed by atoms with van der Waals surface area (Å²) in [5.74, 6) is 2.00. The fourth-order valence-corrected chi connectivity index (χ4v) is 3.57. The largest absolute Gasteiger partial charge is 0.497 e. The minimum absolute atomic E-state index is 0.0121. The average molecular weight is 303 g/mol. The third kappa shape index (κ3) is 3.06. The number of benzene rings is 1. The SMILES string of the molecule is COc1ccc2c(c1)[C@H](NC(=O)C1CCCC1)CC(C)(C)O2. The van der Waals surface area contributed by atoms with Gasteiger partial charge in [-0.05, 0) is 44.9 Å². The number of carbonyl (C=O) groups is 1. The van der Waals surface area contributed by atoms with Gasteiger partial charge in [0.15, 0.2) is 0 Å². The second-order valence-corrected chi connectivity index (χ2v) is 7.01. The molecule has 2 aliphatic rings. The van der Waals surface area contributed by atoms with Gasteiger partial charge in [0.2, 0.25) is 5.91 Å². The van der Waals surface area contributed by atoms with Gasteiger partial charge in [0.1, 0.15) is 17.1 Å². The summed E-state index contributed by atoms with van der Waals surface area (Å²) in [6, 6.07) is 5.80. The molecular formula is C18H25NO3. The molecule has 1 amide bonds. The number of hydrogen-bond acceptors (Lipinski definition) is 3. The number of amides is 1. The zero-order valence-electron chi connectivity index (χ0n) is 13.6. The van der Waals surface area contributed by atoms with Crippen molar-refractivity contribution in [1.29, 1.82) is 0 Å². The Morgan fingerprint density at radius 3 is 2.73 bits per heavy atom. The van der Waals surface area contributed by atoms with Crippen molar-refractivity contribution in [2.75, 3.05) is 7.11 Å². The van der Waals surface area contributed by atoms with E-state index in [0.29, 0.717) is 0 Å². The van der Waals surface area contributed by atoms with E-state index in [1.165, 1.54) is 12.8 Å².